The fraction of sp³-hybridized carbons (Fsp3) is 0.649. The Balaban J connectivity index is 1.56. The van der Waals surface area contributed by atoms with Crippen molar-refractivity contribution in [3.63, 3.8) is 0 Å². The third-order valence-corrected chi connectivity index (χ3v) is 13.7. The van der Waals surface area contributed by atoms with Crippen molar-refractivity contribution >= 4 is 55.4 Å². The van der Waals surface area contributed by atoms with Gasteiger partial charge in [-0.2, -0.15) is 9.61 Å². The number of halogens is 1. The second-order valence-corrected chi connectivity index (χ2v) is 29.6. The topological polar surface area (TPSA) is 111 Å². The van der Waals surface area contributed by atoms with Crippen LogP contribution in [0, 0.1) is 0 Å². The number of amides is 1. The largest absolute Gasteiger partial charge is 0.444 e. The monoisotopic (exact) mass is 800 g/mol. The van der Waals surface area contributed by atoms with Gasteiger partial charge in [0.1, 0.15) is 24.8 Å². The molecule has 2 atom stereocenters. The van der Waals surface area contributed by atoms with Crippen LogP contribution >= 0.6 is 15.9 Å². The number of Topliss-reactive ketones (excluding diaryl/α,β-unsaturated/α-hetero) is 1. The molecule has 0 spiro atoms. The van der Waals surface area contributed by atoms with E-state index in [4.69, 9.17) is 24.3 Å². The van der Waals surface area contributed by atoms with Gasteiger partial charge >= 0.3 is 6.09 Å². The second-order valence-electron chi connectivity index (χ2n) is 17.6. The summed E-state index contributed by atoms with van der Waals surface area (Å²) in [5, 5.41) is 4.89. The molecule has 2 aliphatic rings. The molecule has 1 amide bonds. The minimum absolute atomic E-state index is 0.0792. The first-order chi connectivity index (χ1) is 23.8. The maximum Gasteiger partial charge on any atom is 0.410 e. The molecule has 0 radical (unpaired) electrons. The number of ketones is 1. The number of carbonyl (C=O) groups is 2. The number of hydrogen-bond acceptors (Lipinski definition) is 9. The van der Waals surface area contributed by atoms with E-state index in [0.717, 1.165) is 64.9 Å². The van der Waals surface area contributed by atoms with E-state index in [1.54, 1.807) is 12.3 Å². The van der Waals surface area contributed by atoms with Crippen LogP contribution in [0.5, 0.6) is 0 Å². The van der Waals surface area contributed by atoms with Crippen molar-refractivity contribution in [3.05, 3.63) is 40.4 Å². The lowest BCUT2D eigenvalue weighted by Gasteiger charge is -2.39. The summed E-state index contributed by atoms with van der Waals surface area (Å²) < 4.78 is 21.3. The van der Waals surface area contributed by atoms with Crippen LogP contribution in [-0.4, -0.2) is 96.9 Å². The summed E-state index contributed by atoms with van der Waals surface area (Å²) in [5.41, 5.74) is 3.13. The summed E-state index contributed by atoms with van der Waals surface area (Å²) in [5.74, 6) is 0.833. The van der Waals surface area contributed by atoms with Crippen molar-refractivity contribution in [2.75, 3.05) is 31.6 Å². The molecule has 5 heterocycles. The lowest BCUT2D eigenvalue weighted by atomic mass is 9.88. The predicted molar refractivity (Wildman–Crippen MR) is 211 cm³/mol. The van der Waals surface area contributed by atoms with E-state index in [0.29, 0.717) is 38.0 Å². The molecule has 0 saturated carbocycles. The van der Waals surface area contributed by atoms with Crippen molar-refractivity contribution in [1.82, 2.24) is 24.5 Å². The number of anilines is 1. The lowest BCUT2D eigenvalue weighted by Crippen LogP contribution is -2.48. The van der Waals surface area contributed by atoms with E-state index in [-0.39, 0.29) is 29.9 Å². The van der Waals surface area contributed by atoms with Gasteiger partial charge in [-0.15, -0.1) is 0 Å². The summed E-state index contributed by atoms with van der Waals surface area (Å²) in [7, 11) is -2.60. The molecular formula is C37H57BrN6O5Si2. The smallest absolute Gasteiger partial charge is 0.410 e. The second kappa shape index (κ2) is 15.8. The maximum absolute atomic E-state index is 13.3. The Bertz CT molecular complexity index is 1660. The standard InChI is InChI=1S/C37H57BrN6O5Si2/c1-25(45)31-14-11-26(21-39-31)30-22-40-44-34(30)41-33(27-19-28-12-13-29(20-27)43(28)36(46)49-37(2,3)4)32(38)35(44)42(23-47-15-17-50(5,6)7)24-48-16-18-51(8,9)10/h11,14,21-22,27-29H,12-13,15-20,23-24H2,1-10H3. The molecule has 0 aromatic carbocycles. The van der Waals surface area contributed by atoms with E-state index in [1.165, 1.54) is 6.92 Å². The van der Waals surface area contributed by atoms with E-state index < -0.39 is 21.7 Å². The number of fused-ring (bicyclic) bond motifs is 3. The molecular weight excluding hydrogens is 745 g/mol. The van der Waals surface area contributed by atoms with E-state index >= 15 is 0 Å². The van der Waals surface area contributed by atoms with Crippen molar-refractivity contribution in [2.24, 2.45) is 0 Å². The highest BCUT2D eigenvalue weighted by Crippen LogP contribution is 2.47. The molecule has 3 aromatic heterocycles. The number of ether oxygens (including phenoxy) is 3. The molecule has 2 saturated heterocycles. The van der Waals surface area contributed by atoms with Crippen LogP contribution in [-0.2, 0) is 14.2 Å². The molecule has 2 unspecified atom stereocenters. The Hall–Kier alpha value is -2.66. The summed E-state index contributed by atoms with van der Waals surface area (Å²) in [4.78, 5) is 39.2. The molecule has 11 nitrogen and oxygen atoms in total. The van der Waals surface area contributed by atoms with Gasteiger partial charge in [0, 0.05) is 71.6 Å². The lowest BCUT2D eigenvalue weighted by molar-refractivity contribution is 0.00565. The van der Waals surface area contributed by atoms with Crippen LogP contribution in [0.3, 0.4) is 0 Å². The SMILES string of the molecule is CC(=O)c1ccc(-c2cnn3c(N(COCC[Si](C)(C)C)COCC[Si](C)(C)C)c(Br)c(C4CC5CCC(C4)N5C(=O)OC(C)(C)C)nc23)cn1. The molecule has 280 valence electrons. The zero-order valence-electron chi connectivity index (χ0n) is 32.2. The fourth-order valence-corrected chi connectivity index (χ4v) is 9.11. The normalized spacial score (nSPS) is 19.5. The molecule has 5 rings (SSSR count). The van der Waals surface area contributed by atoms with Crippen LogP contribution in [0.2, 0.25) is 51.4 Å². The van der Waals surface area contributed by atoms with Crippen LogP contribution in [0.15, 0.2) is 29.0 Å². The average molecular weight is 802 g/mol. The van der Waals surface area contributed by atoms with Crippen LogP contribution < -0.4 is 4.90 Å². The number of carbonyl (C=O) groups excluding carboxylic acids is 2. The molecule has 3 aromatic rings. The van der Waals surface area contributed by atoms with Gasteiger partial charge < -0.3 is 24.0 Å². The van der Waals surface area contributed by atoms with Gasteiger partial charge in [-0.25, -0.2) is 9.78 Å². The predicted octanol–water partition coefficient (Wildman–Crippen LogP) is 8.83. The summed E-state index contributed by atoms with van der Waals surface area (Å²) in [6.07, 6.45) is 6.77. The Morgan fingerprint density at radius 1 is 0.941 bits per heavy atom. The first kappa shape index (κ1) is 39.5. The van der Waals surface area contributed by atoms with Crippen molar-refractivity contribution in [1.29, 1.82) is 0 Å². The number of piperidine rings is 1. The minimum Gasteiger partial charge on any atom is -0.444 e. The highest BCUT2D eigenvalue weighted by Gasteiger charge is 2.46. The highest BCUT2D eigenvalue weighted by atomic mass is 79.9. The van der Waals surface area contributed by atoms with Crippen molar-refractivity contribution < 1.29 is 23.8 Å². The van der Waals surface area contributed by atoms with Gasteiger partial charge in [0.05, 0.1) is 16.4 Å². The fourth-order valence-electron chi connectivity index (χ4n) is 6.76. The van der Waals surface area contributed by atoms with Crippen molar-refractivity contribution in [3.8, 4) is 11.1 Å². The number of nitrogens with zero attached hydrogens (tertiary/aromatic N) is 6. The molecule has 2 aliphatic heterocycles. The first-order valence-electron chi connectivity index (χ1n) is 18.3. The van der Waals surface area contributed by atoms with Gasteiger partial charge in [-0.3, -0.25) is 9.78 Å². The molecule has 2 fully saturated rings. The van der Waals surface area contributed by atoms with E-state index in [1.807, 2.05) is 42.4 Å². The Kier molecular flexibility index (Phi) is 12.2. The molecule has 2 bridgehead atoms. The number of aromatic nitrogens is 4. The molecule has 14 heteroatoms. The van der Waals surface area contributed by atoms with Gasteiger partial charge in [0.2, 0.25) is 0 Å². The summed E-state index contributed by atoms with van der Waals surface area (Å²) in [6, 6.07) is 5.93. The summed E-state index contributed by atoms with van der Waals surface area (Å²) >= 11 is 4.04. The Morgan fingerprint density at radius 3 is 2.02 bits per heavy atom. The van der Waals surface area contributed by atoms with Gasteiger partial charge in [0.15, 0.2) is 17.2 Å². The third kappa shape index (κ3) is 10.1. The number of rotatable bonds is 14. The third-order valence-electron chi connectivity index (χ3n) is 9.54. The van der Waals surface area contributed by atoms with Crippen LogP contribution in [0.1, 0.15) is 75.5 Å². The van der Waals surface area contributed by atoms with Crippen LogP contribution in [0.25, 0.3) is 16.8 Å². The van der Waals surface area contributed by atoms with Gasteiger partial charge in [-0.1, -0.05) is 45.3 Å². The maximum atomic E-state index is 13.3. The Labute approximate surface area is 314 Å². The quantitative estimate of drug-likeness (QED) is 0.0684. The zero-order valence-corrected chi connectivity index (χ0v) is 35.8. The van der Waals surface area contributed by atoms with Gasteiger partial charge in [-0.05, 0) is 80.5 Å². The number of hydrogen-bond donors (Lipinski definition) is 0. The first-order valence-corrected chi connectivity index (χ1v) is 26.5. The molecule has 51 heavy (non-hydrogen) atoms. The highest BCUT2D eigenvalue weighted by molar-refractivity contribution is 9.10. The average Bonchev–Trinajstić information content (AvgIpc) is 3.56. The van der Waals surface area contributed by atoms with Crippen LogP contribution in [0.4, 0.5) is 10.6 Å². The zero-order chi connectivity index (χ0) is 37.3. The molecule has 0 N–H and O–H groups in total. The van der Waals surface area contributed by atoms with E-state index in [2.05, 4.69) is 65.1 Å². The molecule has 0 aliphatic carbocycles. The summed E-state index contributed by atoms with van der Waals surface area (Å²) in [6.45, 7) is 23.4. The van der Waals surface area contributed by atoms with E-state index in [9.17, 15) is 9.59 Å². The Morgan fingerprint density at radius 2 is 1.53 bits per heavy atom. The minimum atomic E-state index is -1.30. The van der Waals surface area contributed by atoms with Crippen molar-refractivity contribution in [2.45, 2.75) is 128 Å². The van der Waals surface area contributed by atoms with Gasteiger partial charge in [0.25, 0.3) is 0 Å². The number of pyridine rings is 1.